The molecule has 270 valence electrons. The molecule has 0 spiro atoms. The molecule has 8 aromatic rings. The van der Waals surface area contributed by atoms with Crippen LogP contribution in [0.5, 0.6) is 0 Å². The molecule has 1 aliphatic carbocycles. The molecule has 2 heteroatoms. The van der Waals surface area contributed by atoms with Crippen molar-refractivity contribution in [2.45, 2.75) is 39.5 Å². The molecule has 0 N–H and O–H groups in total. The number of nitrogens with zero attached hydrogens (tertiary/aromatic N) is 2. The summed E-state index contributed by atoms with van der Waals surface area (Å²) in [5.74, 6) is -0.131. The quantitative estimate of drug-likeness (QED) is 0.140. The van der Waals surface area contributed by atoms with Gasteiger partial charge in [-0.15, -0.1) is 0 Å². The van der Waals surface area contributed by atoms with Crippen molar-refractivity contribution >= 4 is 33.6 Å². The number of aryl methyl sites for hydroxylation is 4. The second kappa shape index (κ2) is 14.9. The third-order valence-electron chi connectivity index (χ3n) is 11.2. The SMILES string of the molecule is Cc1cc(C)c(N=C2C(=Nc3c(C(c4ccccc4)c4ccccc4)cc(C)cc3C(c3ccccc3)c3ccccc3)c3cccc4cccc2c34)c(C)c1. The van der Waals surface area contributed by atoms with Crippen molar-refractivity contribution in [2.24, 2.45) is 9.98 Å². The lowest BCUT2D eigenvalue weighted by atomic mass is 9.78. The molecule has 0 aromatic heterocycles. The molecule has 0 aliphatic heterocycles. The monoisotopic (exact) mass is 720 g/mol. The van der Waals surface area contributed by atoms with Crippen LogP contribution < -0.4 is 0 Å². The van der Waals surface area contributed by atoms with Crippen LogP contribution in [0.1, 0.15) is 78.6 Å². The molecule has 2 nitrogen and oxygen atoms in total. The van der Waals surface area contributed by atoms with Crippen LogP contribution in [0.3, 0.4) is 0 Å². The first-order chi connectivity index (χ1) is 27.4. The Morgan fingerprint density at radius 1 is 0.357 bits per heavy atom. The maximum Gasteiger partial charge on any atom is 0.0979 e. The van der Waals surface area contributed by atoms with Crippen LogP contribution in [0.25, 0.3) is 10.8 Å². The molecular weight excluding hydrogens is 677 g/mol. The fourth-order valence-corrected chi connectivity index (χ4v) is 8.88. The van der Waals surface area contributed by atoms with Gasteiger partial charge in [-0.3, -0.25) is 0 Å². The third-order valence-corrected chi connectivity index (χ3v) is 11.2. The van der Waals surface area contributed by atoms with E-state index < -0.39 is 0 Å². The average molecular weight is 721 g/mol. The van der Waals surface area contributed by atoms with E-state index in [-0.39, 0.29) is 11.8 Å². The van der Waals surface area contributed by atoms with Gasteiger partial charge in [-0.05, 0) is 77.6 Å². The summed E-state index contributed by atoms with van der Waals surface area (Å²) in [7, 11) is 0. The van der Waals surface area contributed by atoms with Crippen LogP contribution in [0.4, 0.5) is 11.4 Å². The summed E-state index contributed by atoms with van der Waals surface area (Å²) in [5, 5.41) is 2.40. The van der Waals surface area contributed by atoms with Gasteiger partial charge in [0.15, 0.2) is 0 Å². The summed E-state index contributed by atoms with van der Waals surface area (Å²) in [6.07, 6.45) is 0. The zero-order valence-electron chi connectivity index (χ0n) is 32.4. The summed E-state index contributed by atoms with van der Waals surface area (Å²) >= 11 is 0. The summed E-state index contributed by atoms with van der Waals surface area (Å²) in [5.41, 5.74) is 18.1. The van der Waals surface area contributed by atoms with Crippen molar-refractivity contribution in [3.05, 3.63) is 249 Å². The highest BCUT2D eigenvalue weighted by atomic mass is 14.8. The summed E-state index contributed by atoms with van der Waals surface area (Å²) in [4.78, 5) is 11.6. The van der Waals surface area contributed by atoms with E-state index in [2.05, 4.69) is 210 Å². The van der Waals surface area contributed by atoms with Crippen LogP contribution in [0.2, 0.25) is 0 Å². The minimum absolute atomic E-state index is 0.0656. The van der Waals surface area contributed by atoms with Crippen molar-refractivity contribution in [1.29, 1.82) is 0 Å². The molecule has 0 heterocycles. The Balaban J connectivity index is 1.42. The minimum atomic E-state index is -0.0656. The fraction of sp³-hybridized carbons (Fsp3) is 0.111. The summed E-state index contributed by atoms with van der Waals surface area (Å²) < 4.78 is 0. The second-order valence-corrected chi connectivity index (χ2v) is 15.2. The van der Waals surface area contributed by atoms with Gasteiger partial charge in [-0.2, -0.15) is 0 Å². The maximum atomic E-state index is 6.02. The van der Waals surface area contributed by atoms with Crippen molar-refractivity contribution in [1.82, 2.24) is 0 Å². The van der Waals surface area contributed by atoms with Crippen molar-refractivity contribution in [3.8, 4) is 0 Å². The normalized spacial score (nSPS) is 13.8. The zero-order chi connectivity index (χ0) is 38.2. The molecule has 0 radical (unpaired) electrons. The van der Waals surface area contributed by atoms with Crippen LogP contribution in [-0.2, 0) is 0 Å². The summed E-state index contributed by atoms with van der Waals surface area (Å²) in [6.45, 7) is 8.72. The smallest absolute Gasteiger partial charge is 0.0979 e. The third kappa shape index (κ3) is 6.48. The zero-order valence-corrected chi connectivity index (χ0v) is 32.4. The van der Waals surface area contributed by atoms with Gasteiger partial charge in [0.2, 0.25) is 0 Å². The first kappa shape index (κ1) is 35.1. The Kier molecular flexibility index (Phi) is 9.33. The predicted octanol–water partition coefficient (Wildman–Crippen LogP) is 13.7. The largest absolute Gasteiger partial charge is 0.246 e. The first-order valence-electron chi connectivity index (χ1n) is 19.6. The average Bonchev–Trinajstić information content (AvgIpc) is 3.52. The molecule has 0 saturated carbocycles. The van der Waals surface area contributed by atoms with E-state index in [1.165, 1.54) is 55.3 Å². The number of aliphatic imine (C=N–C) groups is 2. The standard InChI is InChI=1S/C54H44N2/c1-35-31-37(3)51(38(4)32-35)55-53-44-29-17-27-43-28-18-30-45(50(43)44)54(53)56-52-46(48(39-19-9-5-10-20-39)40-21-11-6-12-22-40)33-36(2)34-47(52)49(41-23-13-7-14-24-41)42-25-15-8-16-26-42/h5-34,48-49H,1-4H3. The van der Waals surface area contributed by atoms with Gasteiger partial charge in [-0.25, -0.2) is 9.98 Å². The Morgan fingerprint density at radius 3 is 1.11 bits per heavy atom. The molecule has 0 saturated heterocycles. The van der Waals surface area contributed by atoms with Crippen molar-refractivity contribution < 1.29 is 0 Å². The van der Waals surface area contributed by atoms with E-state index in [1.807, 2.05) is 0 Å². The van der Waals surface area contributed by atoms with Gasteiger partial charge in [0.25, 0.3) is 0 Å². The Morgan fingerprint density at radius 2 is 0.714 bits per heavy atom. The van der Waals surface area contributed by atoms with Gasteiger partial charge in [0.05, 0.1) is 22.8 Å². The van der Waals surface area contributed by atoms with Crippen LogP contribution >= 0.6 is 0 Å². The highest BCUT2D eigenvalue weighted by molar-refractivity contribution is 6.61. The van der Waals surface area contributed by atoms with Gasteiger partial charge in [0.1, 0.15) is 0 Å². The first-order valence-corrected chi connectivity index (χ1v) is 19.6. The predicted molar refractivity (Wildman–Crippen MR) is 236 cm³/mol. The topological polar surface area (TPSA) is 24.7 Å². The van der Waals surface area contributed by atoms with E-state index in [4.69, 9.17) is 9.98 Å². The molecule has 56 heavy (non-hydrogen) atoms. The number of rotatable bonds is 8. The molecule has 8 aromatic carbocycles. The van der Waals surface area contributed by atoms with Crippen molar-refractivity contribution in [3.63, 3.8) is 0 Å². The molecular formula is C54H44N2. The summed E-state index contributed by atoms with van der Waals surface area (Å²) in [6, 6.07) is 66.0. The Labute approximate surface area is 330 Å². The van der Waals surface area contributed by atoms with Crippen molar-refractivity contribution in [2.75, 3.05) is 0 Å². The highest BCUT2D eigenvalue weighted by Gasteiger charge is 2.31. The van der Waals surface area contributed by atoms with Gasteiger partial charge in [0, 0.05) is 28.3 Å². The lowest BCUT2D eigenvalue weighted by molar-refractivity contribution is 0.934. The van der Waals surface area contributed by atoms with Gasteiger partial charge in [-0.1, -0.05) is 193 Å². The number of hydrogen-bond acceptors (Lipinski definition) is 2. The molecule has 0 bridgehead atoms. The van der Waals surface area contributed by atoms with Crippen LogP contribution in [-0.4, -0.2) is 11.4 Å². The highest BCUT2D eigenvalue weighted by Crippen LogP contribution is 2.47. The fourth-order valence-electron chi connectivity index (χ4n) is 8.88. The number of hydrogen-bond donors (Lipinski definition) is 0. The van der Waals surface area contributed by atoms with Gasteiger partial charge >= 0.3 is 0 Å². The van der Waals surface area contributed by atoms with E-state index in [9.17, 15) is 0 Å². The second-order valence-electron chi connectivity index (χ2n) is 15.2. The Hall–Kier alpha value is -6.64. The van der Waals surface area contributed by atoms with Gasteiger partial charge < -0.3 is 0 Å². The molecule has 0 unspecified atom stereocenters. The number of benzene rings is 8. The molecule has 0 atom stereocenters. The van der Waals surface area contributed by atoms with E-state index in [1.54, 1.807) is 0 Å². The van der Waals surface area contributed by atoms with Crippen LogP contribution in [0, 0.1) is 27.7 Å². The maximum absolute atomic E-state index is 6.02. The van der Waals surface area contributed by atoms with E-state index >= 15 is 0 Å². The Bertz CT molecular complexity index is 2550. The van der Waals surface area contributed by atoms with E-state index in [0.717, 1.165) is 45.1 Å². The lowest BCUT2D eigenvalue weighted by Gasteiger charge is -2.27. The lowest BCUT2D eigenvalue weighted by Crippen LogP contribution is -2.13. The minimum Gasteiger partial charge on any atom is -0.246 e. The molecule has 0 amide bonds. The molecule has 0 fully saturated rings. The van der Waals surface area contributed by atoms with E-state index in [0.29, 0.717) is 0 Å². The molecule has 1 aliphatic rings. The molecule has 9 rings (SSSR count). The van der Waals surface area contributed by atoms with Crippen LogP contribution in [0.15, 0.2) is 192 Å².